The number of carboxylic acids is 1. The van der Waals surface area contributed by atoms with Gasteiger partial charge in [-0.25, -0.2) is 4.79 Å². The van der Waals surface area contributed by atoms with Crippen LogP contribution in [-0.2, 0) is 6.54 Å². The molecular formula is C16H20N2O5. The molecule has 23 heavy (non-hydrogen) atoms. The number of aromatic nitrogens is 1. The number of ether oxygens (including phenoxy) is 1. The number of methoxy groups -OCH3 is 1. The van der Waals surface area contributed by atoms with Gasteiger partial charge in [0.1, 0.15) is 5.56 Å². The van der Waals surface area contributed by atoms with Crippen LogP contribution in [0.4, 0.5) is 0 Å². The minimum atomic E-state index is -1.31. The van der Waals surface area contributed by atoms with E-state index in [0.717, 1.165) is 25.7 Å². The summed E-state index contributed by atoms with van der Waals surface area (Å²) in [6.07, 6.45) is 5.19. The average molecular weight is 320 g/mol. The van der Waals surface area contributed by atoms with Crippen LogP contribution in [0.15, 0.2) is 11.0 Å². The van der Waals surface area contributed by atoms with E-state index in [-0.39, 0.29) is 35.0 Å². The van der Waals surface area contributed by atoms with Gasteiger partial charge in [-0.05, 0) is 19.8 Å². The molecule has 3 rings (SSSR count). The number of carbonyl (C=O) groups is 2. The van der Waals surface area contributed by atoms with Crippen LogP contribution in [0.3, 0.4) is 0 Å². The van der Waals surface area contributed by atoms with Crippen LogP contribution in [0, 0.1) is 0 Å². The standard InChI is InChI=1S/C16H20N2O5/c1-9-5-3-4-6-10-7-17-8-11(16(21)22)13(19)14(23-2)12(17)15(20)18(9)10/h8-10H,3-7H2,1-2H3,(H,21,22)/t9-,10+/m1/s1. The summed E-state index contributed by atoms with van der Waals surface area (Å²) in [5, 5.41) is 9.21. The van der Waals surface area contributed by atoms with Gasteiger partial charge in [-0.1, -0.05) is 12.8 Å². The average Bonchev–Trinajstić information content (AvgIpc) is 2.69. The van der Waals surface area contributed by atoms with Crippen molar-refractivity contribution in [3.8, 4) is 5.75 Å². The number of rotatable bonds is 2. The van der Waals surface area contributed by atoms with Crippen molar-refractivity contribution in [3.05, 3.63) is 27.7 Å². The van der Waals surface area contributed by atoms with Crippen molar-refractivity contribution in [1.82, 2.24) is 9.47 Å². The van der Waals surface area contributed by atoms with E-state index in [1.165, 1.54) is 13.3 Å². The molecule has 0 aromatic carbocycles. The van der Waals surface area contributed by atoms with E-state index in [4.69, 9.17) is 4.74 Å². The van der Waals surface area contributed by atoms with Crippen LogP contribution >= 0.6 is 0 Å². The lowest BCUT2D eigenvalue weighted by molar-refractivity contribution is 0.0486. The first-order valence-corrected chi connectivity index (χ1v) is 7.83. The highest BCUT2D eigenvalue weighted by atomic mass is 16.5. The van der Waals surface area contributed by atoms with Crippen molar-refractivity contribution in [2.75, 3.05) is 7.11 Å². The predicted octanol–water partition coefficient (Wildman–Crippen LogP) is 1.34. The topological polar surface area (TPSA) is 88.8 Å². The van der Waals surface area contributed by atoms with Gasteiger partial charge in [0.2, 0.25) is 5.43 Å². The number of hydrogen-bond donors (Lipinski definition) is 1. The quantitative estimate of drug-likeness (QED) is 0.888. The molecule has 0 saturated carbocycles. The highest BCUT2D eigenvalue weighted by Gasteiger charge is 2.39. The molecule has 0 radical (unpaired) electrons. The maximum Gasteiger partial charge on any atom is 0.341 e. The van der Waals surface area contributed by atoms with Gasteiger partial charge < -0.3 is 19.3 Å². The second-order valence-corrected chi connectivity index (χ2v) is 6.21. The molecule has 1 aromatic rings. The van der Waals surface area contributed by atoms with Crippen molar-refractivity contribution >= 4 is 11.9 Å². The zero-order valence-corrected chi connectivity index (χ0v) is 13.2. The molecule has 1 saturated heterocycles. The number of nitrogens with zero attached hydrogens (tertiary/aromatic N) is 2. The van der Waals surface area contributed by atoms with Gasteiger partial charge in [0.15, 0.2) is 11.4 Å². The van der Waals surface area contributed by atoms with Crippen LogP contribution in [0.1, 0.15) is 53.5 Å². The van der Waals surface area contributed by atoms with Crippen molar-refractivity contribution < 1.29 is 19.4 Å². The Balaban J connectivity index is 2.19. The van der Waals surface area contributed by atoms with Crippen LogP contribution in [0.5, 0.6) is 5.75 Å². The Kier molecular flexibility index (Phi) is 3.87. The summed E-state index contributed by atoms with van der Waals surface area (Å²) in [7, 11) is 1.29. The Morgan fingerprint density at radius 3 is 2.65 bits per heavy atom. The first-order valence-electron chi connectivity index (χ1n) is 7.83. The molecule has 0 bridgehead atoms. The van der Waals surface area contributed by atoms with Crippen molar-refractivity contribution in [2.45, 2.75) is 51.2 Å². The molecular weight excluding hydrogens is 300 g/mol. The molecule has 0 aliphatic carbocycles. The highest BCUT2D eigenvalue weighted by molar-refractivity contribution is 5.98. The minimum Gasteiger partial charge on any atom is -0.491 e. The van der Waals surface area contributed by atoms with Gasteiger partial charge >= 0.3 is 5.97 Å². The van der Waals surface area contributed by atoms with Crippen molar-refractivity contribution in [3.63, 3.8) is 0 Å². The number of hydrogen-bond acceptors (Lipinski definition) is 4. The molecule has 7 nitrogen and oxygen atoms in total. The lowest BCUT2D eigenvalue weighted by Crippen LogP contribution is -2.52. The van der Waals surface area contributed by atoms with Gasteiger partial charge in [0.25, 0.3) is 5.91 Å². The fraction of sp³-hybridized carbons (Fsp3) is 0.562. The third kappa shape index (κ3) is 2.40. The first kappa shape index (κ1) is 15.6. The third-order valence-corrected chi connectivity index (χ3v) is 4.79. The summed E-state index contributed by atoms with van der Waals surface area (Å²) in [5.41, 5.74) is -0.957. The molecule has 1 fully saturated rings. The number of carbonyl (C=O) groups excluding carboxylic acids is 1. The molecule has 1 amide bonds. The molecule has 0 unspecified atom stereocenters. The molecule has 3 heterocycles. The molecule has 2 aliphatic rings. The number of carboxylic acid groups (broad SMARTS) is 1. The number of pyridine rings is 1. The van der Waals surface area contributed by atoms with E-state index < -0.39 is 11.4 Å². The van der Waals surface area contributed by atoms with E-state index in [1.807, 2.05) is 11.8 Å². The van der Waals surface area contributed by atoms with Gasteiger partial charge in [-0.3, -0.25) is 9.59 Å². The van der Waals surface area contributed by atoms with Gasteiger partial charge in [0, 0.05) is 18.8 Å². The van der Waals surface area contributed by atoms with Crippen molar-refractivity contribution in [1.29, 1.82) is 0 Å². The lowest BCUT2D eigenvalue weighted by atomic mass is 10.0. The monoisotopic (exact) mass is 320 g/mol. The zero-order chi connectivity index (χ0) is 16.7. The molecule has 7 heteroatoms. The molecule has 1 aromatic heterocycles. The van der Waals surface area contributed by atoms with Gasteiger partial charge in [-0.2, -0.15) is 0 Å². The normalized spacial score (nSPS) is 23.7. The Morgan fingerprint density at radius 1 is 1.30 bits per heavy atom. The van der Waals surface area contributed by atoms with E-state index in [2.05, 4.69) is 0 Å². The van der Waals surface area contributed by atoms with Crippen LogP contribution < -0.4 is 10.2 Å². The fourth-order valence-corrected chi connectivity index (χ4v) is 3.70. The molecule has 124 valence electrons. The smallest absolute Gasteiger partial charge is 0.341 e. The molecule has 2 atom stereocenters. The number of amides is 1. The number of fused-ring (bicyclic) bond motifs is 2. The summed E-state index contributed by atoms with van der Waals surface area (Å²) in [5.74, 6) is -1.74. The summed E-state index contributed by atoms with van der Waals surface area (Å²) in [6, 6.07) is 0.129. The van der Waals surface area contributed by atoms with Crippen LogP contribution in [0.25, 0.3) is 0 Å². The fourth-order valence-electron chi connectivity index (χ4n) is 3.70. The third-order valence-electron chi connectivity index (χ3n) is 4.79. The van der Waals surface area contributed by atoms with Crippen LogP contribution in [-0.4, -0.2) is 45.6 Å². The van der Waals surface area contributed by atoms with E-state index >= 15 is 0 Å². The van der Waals surface area contributed by atoms with Gasteiger partial charge in [-0.15, -0.1) is 0 Å². The van der Waals surface area contributed by atoms with E-state index in [9.17, 15) is 19.5 Å². The van der Waals surface area contributed by atoms with Crippen molar-refractivity contribution in [2.24, 2.45) is 0 Å². The Labute approximate surface area is 133 Å². The van der Waals surface area contributed by atoms with E-state index in [1.54, 1.807) is 4.57 Å². The molecule has 2 aliphatic heterocycles. The maximum atomic E-state index is 13.0. The predicted molar refractivity (Wildman–Crippen MR) is 82.1 cm³/mol. The highest BCUT2D eigenvalue weighted by Crippen LogP contribution is 2.31. The first-order chi connectivity index (χ1) is 11.0. The maximum absolute atomic E-state index is 13.0. The Bertz CT molecular complexity index is 724. The molecule has 1 N–H and O–H groups in total. The summed E-state index contributed by atoms with van der Waals surface area (Å²) >= 11 is 0. The lowest BCUT2D eigenvalue weighted by Gasteiger charge is -2.40. The largest absolute Gasteiger partial charge is 0.491 e. The molecule has 0 spiro atoms. The summed E-state index contributed by atoms with van der Waals surface area (Å²) < 4.78 is 6.68. The SMILES string of the molecule is COc1c2n(cc(C(=O)O)c1=O)C[C@@H]1CCCC[C@@H](C)N1C2=O. The van der Waals surface area contributed by atoms with E-state index in [0.29, 0.717) is 6.54 Å². The van der Waals surface area contributed by atoms with Crippen LogP contribution in [0.2, 0.25) is 0 Å². The Morgan fingerprint density at radius 2 is 2.00 bits per heavy atom. The second kappa shape index (κ2) is 5.72. The summed E-state index contributed by atoms with van der Waals surface area (Å²) in [6.45, 7) is 2.50. The second-order valence-electron chi connectivity index (χ2n) is 6.21. The Hall–Kier alpha value is -2.31. The van der Waals surface area contributed by atoms with Gasteiger partial charge in [0.05, 0.1) is 13.2 Å². The zero-order valence-electron chi connectivity index (χ0n) is 13.2. The number of aromatic carboxylic acids is 1. The minimum absolute atomic E-state index is 0.0290. The summed E-state index contributed by atoms with van der Waals surface area (Å²) in [4.78, 5) is 38.4.